The molecule has 1 atom stereocenters. The Labute approximate surface area is 212 Å². The van der Waals surface area contributed by atoms with Gasteiger partial charge in [-0.15, -0.1) is 11.3 Å². The Balaban J connectivity index is 1.57. The fourth-order valence-corrected chi connectivity index (χ4v) is 4.74. The average molecular weight is 511 g/mol. The molecule has 4 rings (SSSR count). The summed E-state index contributed by atoms with van der Waals surface area (Å²) in [6.07, 6.45) is 0.374. The van der Waals surface area contributed by atoms with Crippen molar-refractivity contribution in [2.24, 2.45) is 5.10 Å². The predicted molar refractivity (Wildman–Crippen MR) is 137 cm³/mol. The molecule has 2 heterocycles. The molecule has 1 aliphatic rings. The van der Waals surface area contributed by atoms with Crippen molar-refractivity contribution in [3.63, 3.8) is 0 Å². The number of methoxy groups -OCH3 is 2. The van der Waals surface area contributed by atoms with Gasteiger partial charge in [0.05, 0.1) is 31.2 Å². The lowest BCUT2D eigenvalue weighted by Gasteiger charge is -2.26. The monoisotopic (exact) mass is 510 g/mol. The summed E-state index contributed by atoms with van der Waals surface area (Å²) >= 11 is 1.50. The maximum Gasteiger partial charge on any atom is 0.322 e. The normalized spacial score (nSPS) is 14.9. The van der Waals surface area contributed by atoms with Crippen LogP contribution in [0.3, 0.4) is 0 Å². The van der Waals surface area contributed by atoms with Gasteiger partial charge in [-0.25, -0.2) is 14.2 Å². The summed E-state index contributed by atoms with van der Waals surface area (Å²) < 4.78 is 25.0. The Morgan fingerprint density at radius 3 is 2.64 bits per heavy atom. The molecule has 0 bridgehead atoms. The Bertz CT molecular complexity index is 1230. The first-order chi connectivity index (χ1) is 17.5. The largest absolute Gasteiger partial charge is 0.495 e. The van der Waals surface area contributed by atoms with Crippen molar-refractivity contribution in [3.8, 4) is 5.75 Å². The first-order valence-corrected chi connectivity index (χ1v) is 12.3. The Morgan fingerprint density at radius 2 is 1.92 bits per heavy atom. The fourth-order valence-electron chi connectivity index (χ4n) is 3.93. The van der Waals surface area contributed by atoms with Crippen molar-refractivity contribution in [1.82, 2.24) is 9.91 Å². The van der Waals surface area contributed by atoms with Crippen LogP contribution in [0.4, 0.5) is 14.9 Å². The van der Waals surface area contributed by atoms with Gasteiger partial charge >= 0.3 is 6.03 Å². The van der Waals surface area contributed by atoms with E-state index < -0.39 is 11.8 Å². The van der Waals surface area contributed by atoms with E-state index in [1.807, 2.05) is 17.5 Å². The van der Waals surface area contributed by atoms with E-state index in [4.69, 9.17) is 9.47 Å². The van der Waals surface area contributed by atoms with Gasteiger partial charge in [-0.05, 0) is 29.6 Å². The maximum atomic E-state index is 14.5. The Kier molecular flexibility index (Phi) is 8.29. The maximum absolute atomic E-state index is 14.5. The molecule has 0 saturated heterocycles. The summed E-state index contributed by atoms with van der Waals surface area (Å²) in [5, 5.41) is 10.6. The molecule has 0 spiro atoms. The minimum absolute atomic E-state index is 0.185. The summed E-state index contributed by atoms with van der Waals surface area (Å²) in [7, 11) is 3.04. The lowest BCUT2D eigenvalue weighted by Crippen LogP contribution is -2.44. The molecular weight excluding hydrogens is 483 g/mol. The number of ether oxygens (including phenoxy) is 2. The van der Waals surface area contributed by atoms with Gasteiger partial charge in [-0.3, -0.25) is 4.79 Å². The number of rotatable bonds is 9. The lowest BCUT2D eigenvalue weighted by molar-refractivity contribution is -0.133. The number of nitrogens with one attached hydrogen (secondary N) is 1. The van der Waals surface area contributed by atoms with Crippen LogP contribution in [0.15, 0.2) is 71.1 Å². The number of anilines is 1. The molecule has 1 aromatic heterocycles. The number of carbonyl (C=O) groups is 2. The lowest BCUT2D eigenvalue weighted by atomic mass is 10.0. The van der Waals surface area contributed by atoms with Crippen molar-refractivity contribution < 1.29 is 23.5 Å². The molecule has 1 aliphatic heterocycles. The Morgan fingerprint density at radius 1 is 1.14 bits per heavy atom. The van der Waals surface area contributed by atoms with E-state index in [1.165, 1.54) is 41.5 Å². The predicted octanol–water partition coefficient (Wildman–Crippen LogP) is 4.75. The van der Waals surface area contributed by atoms with Crippen LogP contribution >= 0.6 is 11.3 Å². The smallest absolute Gasteiger partial charge is 0.322 e. The number of benzene rings is 2. The zero-order valence-electron chi connectivity index (χ0n) is 20.0. The van der Waals surface area contributed by atoms with Gasteiger partial charge in [0, 0.05) is 30.5 Å². The molecule has 0 unspecified atom stereocenters. The standard InChI is InChI=1S/C26H27FN4O4S/c1-34-14-13-30(26(33)28-20-10-5-6-11-23(20)35-2)17-25(32)31-22(24-12-7-15-36-24)16-21(29-31)18-8-3-4-9-19(18)27/h3-12,15,22H,13-14,16-17H2,1-2H3,(H,28,33)/t22-/m0/s1. The van der Waals surface area contributed by atoms with Gasteiger partial charge in [0.15, 0.2) is 0 Å². The third kappa shape index (κ3) is 5.72. The second-order valence-corrected chi connectivity index (χ2v) is 9.02. The van der Waals surface area contributed by atoms with Crippen molar-refractivity contribution in [3.05, 3.63) is 82.3 Å². The van der Waals surface area contributed by atoms with Gasteiger partial charge in [-0.1, -0.05) is 36.4 Å². The zero-order chi connectivity index (χ0) is 25.5. The summed E-state index contributed by atoms with van der Waals surface area (Å²) in [5.74, 6) is -0.278. The van der Waals surface area contributed by atoms with E-state index in [-0.39, 0.29) is 31.6 Å². The highest BCUT2D eigenvalue weighted by Crippen LogP contribution is 2.35. The SMILES string of the molecule is COCCN(CC(=O)N1N=C(c2ccccc2F)C[C@H]1c1cccs1)C(=O)Nc1ccccc1OC. The van der Waals surface area contributed by atoms with E-state index in [2.05, 4.69) is 10.4 Å². The minimum atomic E-state index is -0.477. The topological polar surface area (TPSA) is 83.5 Å². The number of carbonyl (C=O) groups excluding carboxylic acids is 2. The number of hydrazone groups is 1. The van der Waals surface area contributed by atoms with Crippen LogP contribution in [0.5, 0.6) is 5.75 Å². The average Bonchev–Trinajstić information content (AvgIpc) is 3.57. The van der Waals surface area contributed by atoms with Gasteiger partial charge in [-0.2, -0.15) is 5.10 Å². The van der Waals surface area contributed by atoms with Crippen LogP contribution in [-0.2, 0) is 9.53 Å². The quantitative estimate of drug-likeness (QED) is 0.450. The summed E-state index contributed by atoms with van der Waals surface area (Å²) in [5.41, 5.74) is 1.33. The number of nitrogens with zero attached hydrogens (tertiary/aromatic N) is 3. The molecule has 0 fully saturated rings. The number of para-hydroxylation sites is 2. The van der Waals surface area contributed by atoms with Crippen molar-refractivity contribution in [2.75, 3.05) is 39.2 Å². The molecule has 0 saturated carbocycles. The number of amides is 3. The van der Waals surface area contributed by atoms with Gasteiger partial charge in [0.1, 0.15) is 18.1 Å². The molecule has 10 heteroatoms. The van der Waals surface area contributed by atoms with E-state index in [0.717, 1.165) is 4.88 Å². The van der Waals surface area contributed by atoms with Crippen LogP contribution < -0.4 is 10.1 Å². The number of hydrogen-bond acceptors (Lipinski definition) is 6. The van der Waals surface area contributed by atoms with Gasteiger partial charge in [0.25, 0.3) is 5.91 Å². The molecule has 0 radical (unpaired) electrons. The molecule has 3 aromatic rings. The van der Waals surface area contributed by atoms with Crippen LogP contribution in [0.2, 0.25) is 0 Å². The number of halogens is 1. The first-order valence-electron chi connectivity index (χ1n) is 11.4. The van der Waals surface area contributed by atoms with E-state index in [1.54, 1.807) is 42.5 Å². The van der Waals surface area contributed by atoms with Crippen molar-refractivity contribution >= 4 is 34.7 Å². The number of thiophene rings is 1. The number of urea groups is 1. The molecule has 8 nitrogen and oxygen atoms in total. The molecule has 3 amide bonds. The van der Waals surface area contributed by atoms with Crippen molar-refractivity contribution in [2.45, 2.75) is 12.5 Å². The molecule has 1 N–H and O–H groups in total. The summed E-state index contributed by atoms with van der Waals surface area (Å²) in [6, 6.07) is 16.4. The summed E-state index contributed by atoms with van der Waals surface area (Å²) in [6.45, 7) is 0.190. The highest BCUT2D eigenvalue weighted by molar-refractivity contribution is 7.10. The third-order valence-electron chi connectivity index (χ3n) is 5.75. The van der Waals surface area contributed by atoms with Crippen LogP contribution in [0.1, 0.15) is 22.9 Å². The fraction of sp³-hybridized carbons (Fsp3) is 0.269. The van der Waals surface area contributed by atoms with E-state index in [9.17, 15) is 14.0 Å². The third-order valence-corrected chi connectivity index (χ3v) is 6.72. The highest BCUT2D eigenvalue weighted by Gasteiger charge is 2.35. The van der Waals surface area contributed by atoms with Crippen LogP contribution in [0, 0.1) is 5.82 Å². The Hall–Kier alpha value is -3.76. The van der Waals surface area contributed by atoms with E-state index >= 15 is 0 Å². The highest BCUT2D eigenvalue weighted by atomic mass is 32.1. The molecular formula is C26H27FN4O4S. The van der Waals surface area contributed by atoms with Crippen molar-refractivity contribution in [1.29, 1.82) is 0 Å². The minimum Gasteiger partial charge on any atom is -0.495 e. The van der Waals surface area contributed by atoms with Crippen LogP contribution in [0.25, 0.3) is 0 Å². The first kappa shape index (κ1) is 25.3. The second-order valence-electron chi connectivity index (χ2n) is 8.04. The second kappa shape index (κ2) is 11.8. The van der Waals surface area contributed by atoms with Gasteiger partial charge in [0.2, 0.25) is 0 Å². The van der Waals surface area contributed by atoms with Gasteiger partial charge < -0.3 is 19.7 Å². The molecule has 188 valence electrons. The van der Waals surface area contributed by atoms with E-state index in [0.29, 0.717) is 29.1 Å². The summed E-state index contributed by atoms with van der Waals surface area (Å²) in [4.78, 5) is 28.9. The number of hydrogen-bond donors (Lipinski definition) is 1. The zero-order valence-corrected chi connectivity index (χ0v) is 20.8. The molecule has 0 aliphatic carbocycles. The molecule has 36 heavy (non-hydrogen) atoms. The molecule has 2 aromatic carbocycles. The van der Waals surface area contributed by atoms with Crippen LogP contribution in [-0.4, -0.2) is 61.5 Å².